The second-order valence-corrected chi connectivity index (χ2v) is 8.80. The predicted molar refractivity (Wildman–Crippen MR) is 108 cm³/mol. The highest BCUT2D eigenvalue weighted by Gasteiger charge is 2.27. The van der Waals surface area contributed by atoms with Gasteiger partial charge in [-0.05, 0) is 37.3 Å². The smallest absolute Gasteiger partial charge is 0.339 e. The Hall–Kier alpha value is -2.13. The first-order chi connectivity index (χ1) is 13.9. The molecule has 1 aliphatic rings. The molecule has 0 atom stereocenters. The number of halogens is 1. The van der Waals surface area contributed by atoms with Crippen LogP contribution in [0.15, 0.2) is 47.4 Å². The van der Waals surface area contributed by atoms with Crippen LogP contribution < -0.4 is 4.74 Å². The molecule has 0 aliphatic carbocycles. The fourth-order valence-corrected chi connectivity index (χ4v) is 4.39. The Balaban J connectivity index is 1.62. The number of morpholine rings is 1. The van der Waals surface area contributed by atoms with Gasteiger partial charge in [0, 0.05) is 13.1 Å². The molecule has 0 radical (unpaired) electrons. The molecule has 2 aromatic carbocycles. The van der Waals surface area contributed by atoms with Crippen LogP contribution in [0.3, 0.4) is 0 Å². The van der Waals surface area contributed by atoms with Crippen LogP contribution in [0.4, 0.5) is 0 Å². The summed E-state index contributed by atoms with van der Waals surface area (Å²) in [7, 11) is -3.74. The van der Waals surface area contributed by atoms with E-state index in [1.807, 2.05) is 31.2 Å². The molecule has 0 aromatic heterocycles. The van der Waals surface area contributed by atoms with Crippen molar-refractivity contribution in [3.8, 4) is 5.75 Å². The molecule has 156 valence electrons. The molecule has 0 amide bonds. The Labute approximate surface area is 175 Å². The van der Waals surface area contributed by atoms with Crippen molar-refractivity contribution in [1.82, 2.24) is 4.31 Å². The van der Waals surface area contributed by atoms with Crippen molar-refractivity contribution >= 4 is 27.6 Å². The lowest BCUT2D eigenvalue weighted by molar-refractivity contribution is 0.0450. The number of ether oxygens (including phenoxy) is 3. The van der Waals surface area contributed by atoms with Crippen LogP contribution in [0.2, 0.25) is 5.02 Å². The zero-order valence-corrected chi connectivity index (χ0v) is 17.5. The largest absolute Gasteiger partial charge is 0.490 e. The Kier molecular flexibility index (Phi) is 7.13. The van der Waals surface area contributed by atoms with Gasteiger partial charge in [0.05, 0.1) is 28.7 Å². The summed E-state index contributed by atoms with van der Waals surface area (Å²) in [6, 6.07) is 11.5. The van der Waals surface area contributed by atoms with Gasteiger partial charge in [-0.1, -0.05) is 29.3 Å². The van der Waals surface area contributed by atoms with Gasteiger partial charge in [-0.3, -0.25) is 0 Å². The lowest BCUT2D eigenvalue weighted by Gasteiger charge is -2.26. The SMILES string of the molecule is Cc1ccc(OCCOC(=O)c2cc(S(=O)(=O)N3CCOCC3)ccc2Cl)cc1. The number of hydrogen-bond acceptors (Lipinski definition) is 6. The van der Waals surface area contributed by atoms with E-state index in [4.69, 9.17) is 25.8 Å². The summed E-state index contributed by atoms with van der Waals surface area (Å²) >= 11 is 6.09. The quantitative estimate of drug-likeness (QED) is 0.487. The van der Waals surface area contributed by atoms with Gasteiger partial charge in [-0.25, -0.2) is 13.2 Å². The summed E-state index contributed by atoms with van der Waals surface area (Å²) in [6.07, 6.45) is 0. The highest BCUT2D eigenvalue weighted by atomic mass is 35.5. The van der Waals surface area contributed by atoms with Crippen LogP contribution in [0.25, 0.3) is 0 Å². The Morgan fingerprint density at radius 1 is 1.10 bits per heavy atom. The number of carbonyl (C=O) groups excluding carboxylic acids is 1. The van der Waals surface area contributed by atoms with Crippen LogP contribution in [-0.4, -0.2) is 58.2 Å². The summed E-state index contributed by atoms with van der Waals surface area (Å²) in [6.45, 7) is 3.35. The van der Waals surface area contributed by atoms with Gasteiger partial charge in [0.2, 0.25) is 10.0 Å². The normalized spacial score (nSPS) is 15.1. The summed E-state index contributed by atoms with van der Waals surface area (Å²) < 4.78 is 42.8. The maximum Gasteiger partial charge on any atom is 0.339 e. The minimum absolute atomic E-state index is 0.00339. The van der Waals surface area contributed by atoms with Crippen LogP contribution >= 0.6 is 11.6 Å². The molecular formula is C20H22ClNO6S. The Morgan fingerprint density at radius 3 is 2.48 bits per heavy atom. The summed E-state index contributed by atoms with van der Waals surface area (Å²) in [5.41, 5.74) is 1.11. The van der Waals surface area contributed by atoms with Crippen LogP contribution in [-0.2, 0) is 19.5 Å². The molecule has 9 heteroatoms. The van der Waals surface area contributed by atoms with Crippen LogP contribution in [0.5, 0.6) is 5.75 Å². The van der Waals surface area contributed by atoms with E-state index in [2.05, 4.69) is 0 Å². The standard InChI is InChI=1S/C20H22ClNO6S/c1-15-2-4-16(5-3-15)27-12-13-28-20(23)18-14-17(6-7-19(18)21)29(24,25)22-8-10-26-11-9-22/h2-7,14H,8-13H2,1H3. The van der Waals surface area contributed by atoms with Crippen molar-refractivity contribution in [1.29, 1.82) is 0 Å². The van der Waals surface area contributed by atoms with Gasteiger partial charge < -0.3 is 14.2 Å². The molecule has 1 fully saturated rings. The highest BCUT2D eigenvalue weighted by Crippen LogP contribution is 2.24. The van der Waals surface area contributed by atoms with Gasteiger partial charge in [0.25, 0.3) is 0 Å². The van der Waals surface area contributed by atoms with Crippen molar-refractivity contribution < 1.29 is 27.4 Å². The first-order valence-electron chi connectivity index (χ1n) is 9.12. The number of benzene rings is 2. The van der Waals surface area contributed by atoms with Gasteiger partial charge in [0.15, 0.2) is 0 Å². The number of hydrogen-bond donors (Lipinski definition) is 0. The molecule has 1 aliphatic heterocycles. The molecule has 0 saturated carbocycles. The summed E-state index contributed by atoms with van der Waals surface area (Å²) in [4.78, 5) is 12.4. The molecule has 3 rings (SSSR count). The number of esters is 1. The topological polar surface area (TPSA) is 82.1 Å². The van der Waals surface area contributed by atoms with E-state index in [0.29, 0.717) is 19.0 Å². The molecule has 0 spiro atoms. The van der Waals surface area contributed by atoms with E-state index >= 15 is 0 Å². The molecular weight excluding hydrogens is 418 g/mol. The average molecular weight is 440 g/mol. The fourth-order valence-electron chi connectivity index (χ4n) is 2.76. The third-order valence-electron chi connectivity index (χ3n) is 4.37. The predicted octanol–water partition coefficient (Wildman–Crippen LogP) is 2.91. The average Bonchev–Trinajstić information content (AvgIpc) is 2.73. The summed E-state index contributed by atoms with van der Waals surface area (Å²) in [5, 5.41) is 0.121. The van der Waals surface area contributed by atoms with Crippen molar-refractivity contribution in [3.05, 3.63) is 58.6 Å². The molecule has 2 aromatic rings. The molecule has 0 N–H and O–H groups in total. The van der Waals surface area contributed by atoms with E-state index in [-0.39, 0.29) is 41.8 Å². The third-order valence-corrected chi connectivity index (χ3v) is 6.60. The van der Waals surface area contributed by atoms with E-state index in [1.54, 1.807) is 0 Å². The zero-order chi connectivity index (χ0) is 20.9. The second kappa shape index (κ2) is 9.58. The van der Waals surface area contributed by atoms with Gasteiger partial charge in [-0.15, -0.1) is 0 Å². The molecule has 0 unspecified atom stereocenters. The van der Waals surface area contributed by atoms with Gasteiger partial charge in [0.1, 0.15) is 19.0 Å². The molecule has 7 nitrogen and oxygen atoms in total. The van der Waals surface area contributed by atoms with E-state index in [9.17, 15) is 13.2 Å². The third kappa shape index (κ3) is 5.48. The molecule has 1 saturated heterocycles. The first kappa shape index (κ1) is 21.6. The monoisotopic (exact) mass is 439 g/mol. The number of aryl methyl sites for hydroxylation is 1. The van der Waals surface area contributed by atoms with Crippen LogP contribution in [0.1, 0.15) is 15.9 Å². The minimum Gasteiger partial charge on any atom is -0.490 e. The van der Waals surface area contributed by atoms with Crippen molar-refractivity contribution in [3.63, 3.8) is 0 Å². The fraction of sp³-hybridized carbons (Fsp3) is 0.350. The first-order valence-corrected chi connectivity index (χ1v) is 10.9. The molecule has 0 bridgehead atoms. The lowest BCUT2D eigenvalue weighted by atomic mass is 10.2. The highest BCUT2D eigenvalue weighted by molar-refractivity contribution is 7.89. The van der Waals surface area contributed by atoms with E-state index in [0.717, 1.165) is 5.56 Å². The van der Waals surface area contributed by atoms with E-state index in [1.165, 1.54) is 22.5 Å². The molecule has 29 heavy (non-hydrogen) atoms. The Morgan fingerprint density at radius 2 is 1.79 bits per heavy atom. The number of carbonyl (C=O) groups is 1. The van der Waals surface area contributed by atoms with E-state index < -0.39 is 16.0 Å². The van der Waals surface area contributed by atoms with Gasteiger partial charge in [-0.2, -0.15) is 4.31 Å². The summed E-state index contributed by atoms with van der Waals surface area (Å²) in [5.74, 6) is -0.0372. The van der Waals surface area contributed by atoms with Gasteiger partial charge >= 0.3 is 5.97 Å². The van der Waals surface area contributed by atoms with Crippen molar-refractivity contribution in [2.45, 2.75) is 11.8 Å². The second-order valence-electron chi connectivity index (χ2n) is 6.46. The van der Waals surface area contributed by atoms with Crippen molar-refractivity contribution in [2.75, 3.05) is 39.5 Å². The van der Waals surface area contributed by atoms with Crippen LogP contribution in [0, 0.1) is 6.92 Å². The zero-order valence-electron chi connectivity index (χ0n) is 16.0. The molecule has 1 heterocycles. The maximum atomic E-state index is 12.8. The number of sulfonamides is 1. The number of nitrogens with zero attached hydrogens (tertiary/aromatic N) is 1. The van der Waals surface area contributed by atoms with Crippen molar-refractivity contribution in [2.24, 2.45) is 0 Å². The maximum absolute atomic E-state index is 12.8. The Bertz CT molecular complexity index is 955. The lowest BCUT2D eigenvalue weighted by Crippen LogP contribution is -2.40. The number of rotatable bonds is 7. The minimum atomic E-state index is -3.74.